The van der Waals surface area contributed by atoms with Crippen LogP contribution in [0.15, 0.2) is 0 Å². The summed E-state index contributed by atoms with van der Waals surface area (Å²) in [6.07, 6.45) is 7.80. The van der Waals surface area contributed by atoms with Crippen LogP contribution in [0.4, 0.5) is 0 Å². The van der Waals surface area contributed by atoms with Gasteiger partial charge in [0.15, 0.2) is 0 Å². The maximum atomic E-state index is 9.32. The molecule has 3 nitrogen and oxygen atoms in total. The molecule has 1 N–H and O–H groups in total. The molecule has 1 aliphatic carbocycles. The third-order valence-electron chi connectivity index (χ3n) is 3.59. The first-order valence-corrected chi connectivity index (χ1v) is 6.63. The number of hydrogen-bond donors (Lipinski definition) is 1. The summed E-state index contributed by atoms with van der Waals surface area (Å²) in [5, 5.41) is 12.8. The first-order valence-electron chi connectivity index (χ1n) is 6.63. The Morgan fingerprint density at radius 1 is 1.25 bits per heavy atom. The minimum absolute atomic E-state index is 0.342. The van der Waals surface area contributed by atoms with E-state index in [1.807, 2.05) is 0 Å². The average Bonchev–Trinajstić information content (AvgIpc) is 3.06. The maximum absolute atomic E-state index is 9.32. The van der Waals surface area contributed by atoms with Crippen molar-refractivity contribution in [2.45, 2.75) is 57.0 Å². The first-order chi connectivity index (χ1) is 7.72. The van der Waals surface area contributed by atoms with Crippen LogP contribution in [0.2, 0.25) is 0 Å². The summed E-state index contributed by atoms with van der Waals surface area (Å²) >= 11 is 0. The lowest BCUT2D eigenvalue weighted by molar-refractivity contribution is 0.225. The quantitative estimate of drug-likeness (QED) is 0.788. The molecule has 2 fully saturated rings. The van der Waals surface area contributed by atoms with Crippen molar-refractivity contribution < 1.29 is 0 Å². The van der Waals surface area contributed by atoms with E-state index in [0.29, 0.717) is 6.04 Å². The molecule has 1 saturated carbocycles. The second-order valence-corrected chi connectivity index (χ2v) is 5.55. The first kappa shape index (κ1) is 11.9. The fourth-order valence-corrected chi connectivity index (χ4v) is 2.53. The van der Waals surface area contributed by atoms with Crippen LogP contribution in [0.5, 0.6) is 0 Å². The summed E-state index contributed by atoms with van der Waals surface area (Å²) in [5.41, 5.74) is -0.342. The van der Waals surface area contributed by atoms with Gasteiger partial charge in [0, 0.05) is 12.6 Å². The summed E-state index contributed by atoms with van der Waals surface area (Å²) in [6.45, 7) is 5.28. The van der Waals surface area contributed by atoms with E-state index in [1.165, 1.54) is 51.6 Å². The molecule has 0 aromatic heterocycles. The number of nitrogens with zero attached hydrogens (tertiary/aromatic N) is 2. The van der Waals surface area contributed by atoms with E-state index in [2.05, 4.69) is 23.2 Å². The van der Waals surface area contributed by atoms with Crippen LogP contribution >= 0.6 is 0 Å². The molecule has 2 aliphatic rings. The second-order valence-electron chi connectivity index (χ2n) is 5.55. The van der Waals surface area contributed by atoms with Crippen LogP contribution < -0.4 is 5.32 Å². The smallest absolute Gasteiger partial charge is 0.116 e. The average molecular weight is 221 g/mol. The number of hydrogen-bond acceptors (Lipinski definition) is 3. The van der Waals surface area contributed by atoms with Gasteiger partial charge in [0.1, 0.15) is 5.54 Å². The highest BCUT2D eigenvalue weighted by molar-refractivity contribution is 5.09. The van der Waals surface area contributed by atoms with E-state index in [0.717, 1.165) is 6.54 Å². The highest BCUT2D eigenvalue weighted by Crippen LogP contribution is 2.23. The van der Waals surface area contributed by atoms with Crippen LogP contribution in [-0.2, 0) is 0 Å². The Labute approximate surface area is 98.8 Å². The van der Waals surface area contributed by atoms with Gasteiger partial charge >= 0.3 is 0 Å². The zero-order valence-corrected chi connectivity index (χ0v) is 10.3. The van der Waals surface area contributed by atoms with E-state index in [1.54, 1.807) is 0 Å². The van der Waals surface area contributed by atoms with Crippen molar-refractivity contribution in [2.24, 2.45) is 0 Å². The normalized spacial score (nSPS) is 26.8. The van der Waals surface area contributed by atoms with Crippen molar-refractivity contribution >= 4 is 0 Å². The largest absolute Gasteiger partial charge is 0.300 e. The molecule has 0 aromatic rings. The third kappa shape index (κ3) is 3.47. The molecular formula is C13H23N3. The minimum Gasteiger partial charge on any atom is -0.300 e. The van der Waals surface area contributed by atoms with Gasteiger partial charge in [0.2, 0.25) is 0 Å². The van der Waals surface area contributed by atoms with Crippen LogP contribution in [0, 0.1) is 11.3 Å². The second kappa shape index (κ2) is 5.16. The lowest BCUT2D eigenvalue weighted by atomic mass is 10.0. The summed E-state index contributed by atoms with van der Waals surface area (Å²) < 4.78 is 0. The van der Waals surface area contributed by atoms with Crippen molar-refractivity contribution in [3.8, 4) is 6.07 Å². The highest BCUT2D eigenvalue weighted by atomic mass is 15.2. The Kier molecular flexibility index (Phi) is 3.83. The molecule has 0 radical (unpaired) electrons. The molecule has 0 amide bonds. The Bertz CT molecular complexity index is 259. The molecular weight excluding hydrogens is 198 g/mol. The maximum Gasteiger partial charge on any atom is 0.116 e. The Morgan fingerprint density at radius 3 is 2.38 bits per heavy atom. The predicted molar refractivity (Wildman–Crippen MR) is 65.1 cm³/mol. The molecule has 2 rings (SSSR count). The van der Waals surface area contributed by atoms with Gasteiger partial charge in [-0.2, -0.15) is 5.26 Å². The fraction of sp³-hybridized carbons (Fsp3) is 0.923. The van der Waals surface area contributed by atoms with Gasteiger partial charge in [-0.3, -0.25) is 5.32 Å². The Morgan fingerprint density at radius 2 is 1.88 bits per heavy atom. The lowest BCUT2D eigenvalue weighted by Gasteiger charge is -2.30. The molecule has 16 heavy (non-hydrogen) atoms. The van der Waals surface area contributed by atoms with E-state index >= 15 is 0 Å². The Balaban J connectivity index is 1.86. The molecule has 1 heterocycles. The van der Waals surface area contributed by atoms with Gasteiger partial charge in [-0.05, 0) is 45.7 Å². The molecule has 1 saturated heterocycles. The zero-order chi connectivity index (χ0) is 11.4. The lowest BCUT2D eigenvalue weighted by Crippen LogP contribution is -2.51. The van der Waals surface area contributed by atoms with Crippen molar-refractivity contribution in [1.82, 2.24) is 10.2 Å². The van der Waals surface area contributed by atoms with E-state index in [4.69, 9.17) is 0 Å². The van der Waals surface area contributed by atoms with Gasteiger partial charge in [-0.15, -0.1) is 0 Å². The number of nitriles is 1. The summed E-state index contributed by atoms with van der Waals surface area (Å²) in [6, 6.07) is 3.07. The molecule has 3 heteroatoms. The molecule has 0 bridgehead atoms. The molecule has 0 aromatic carbocycles. The van der Waals surface area contributed by atoms with Gasteiger partial charge in [-0.1, -0.05) is 12.8 Å². The van der Waals surface area contributed by atoms with Crippen LogP contribution in [0.25, 0.3) is 0 Å². The van der Waals surface area contributed by atoms with Crippen molar-refractivity contribution in [1.29, 1.82) is 5.26 Å². The van der Waals surface area contributed by atoms with Gasteiger partial charge in [-0.25, -0.2) is 0 Å². The number of nitrogens with one attached hydrogen (secondary N) is 1. The molecule has 0 spiro atoms. The van der Waals surface area contributed by atoms with Gasteiger partial charge in [0.25, 0.3) is 0 Å². The van der Waals surface area contributed by atoms with Crippen LogP contribution in [0.3, 0.4) is 0 Å². The molecule has 1 aliphatic heterocycles. The van der Waals surface area contributed by atoms with Crippen molar-refractivity contribution in [2.75, 3.05) is 19.6 Å². The van der Waals surface area contributed by atoms with Crippen molar-refractivity contribution in [3.63, 3.8) is 0 Å². The van der Waals surface area contributed by atoms with E-state index in [9.17, 15) is 5.26 Å². The van der Waals surface area contributed by atoms with Crippen LogP contribution in [-0.4, -0.2) is 36.1 Å². The SMILES string of the molecule is CC(C#N)(CN1CCCCCC1)NC1CC1. The predicted octanol–water partition coefficient (Wildman–Crippen LogP) is 1.90. The standard InChI is InChI=1S/C13H23N3/c1-13(10-14,15-12-6-7-12)11-16-8-4-2-3-5-9-16/h12,15H,2-9,11H2,1H3. The fourth-order valence-electron chi connectivity index (χ4n) is 2.53. The minimum atomic E-state index is -0.342. The summed E-state index contributed by atoms with van der Waals surface area (Å²) in [7, 11) is 0. The molecule has 1 unspecified atom stereocenters. The summed E-state index contributed by atoms with van der Waals surface area (Å²) in [4.78, 5) is 2.46. The summed E-state index contributed by atoms with van der Waals surface area (Å²) in [5.74, 6) is 0. The number of likely N-dealkylation sites (tertiary alicyclic amines) is 1. The van der Waals surface area contributed by atoms with Gasteiger partial charge in [0.05, 0.1) is 6.07 Å². The highest BCUT2D eigenvalue weighted by Gasteiger charge is 2.33. The monoisotopic (exact) mass is 221 g/mol. The Hall–Kier alpha value is -0.590. The van der Waals surface area contributed by atoms with Crippen LogP contribution in [0.1, 0.15) is 45.4 Å². The molecule has 90 valence electrons. The van der Waals surface area contributed by atoms with E-state index < -0.39 is 0 Å². The zero-order valence-electron chi connectivity index (χ0n) is 10.3. The van der Waals surface area contributed by atoms with Gasteiger partial charge < -0.3 is 4.90 Å². The third-order valence-corrected chi connectivity index (χ3v) is 3.59. The molecule has 1 atom stereocenters. The topological polar surface area (TPSA) is 39.1 Å². The van der Waals surface area contributed by atoms with E-state index in [-0.39, 0.29) is 5.54 Å². The number of rotatable bonds is 4. The van der Waals surface area contributed by atoms with Crippen molar-refractivity contribution in [3.05, 3.63) is 0 Å².